The van der Waals surface area contributed by atoms with Gasteiger partial charge >= 0.3 is 0 Å². The second-order valence-corrected chi connectivity index (χ2v) is 3.39. The Kier molecular flexibility index (Phi) is 3.43. The molecule has 1 heterocycles. The van der Waals surface area contributed by atoms with Gasteiger partial charge in [0.2, 0.25) is 0 Å². The quantitative estimate of drug-likeness (QED) is 0.347. The zero-order valence-corrected chi connectivity index (χ0v) is 6.38. The minimum absolute atomic E-state index is 0.379. The molecule has 5 heteroatoms. The van der Waals surface area contributed by atoms with E-state index in [0.29, 0.717) is 11.8 Å². The largest absolute Gasteiger partial charge is 0.379 e. The second kappa shape index (κ2) is 4.44. The molecule has 0 radical (unpaired) electrons. The number of thioether (sulfide) groups is 1. The fourth-order valence-corrected chi connectivity index (χ4v) is 1.68. The summed E-state index contributed by atoms with van der Waals surface area (Å²) in [5.41, 5.74) is 8.01. The van der Waals surface area contributed by atoms with Crippen molar-refractivity contribution in [1.82, 2.24) is 0 Å². The fraction of sp³-hybridized carbons (Fsp3) is 1.00. The molecule has 0 N–H and O–H groups in total. The number of azide groups is 1. The molecule has 0 saturated carbocycles. The van der Waals surface area contributed by atoms with Crippen molar-refractivity contribution in [2.75, 3.05) is 25.5 Å². The minimum atomic E-state index is 0.379. The lowest BCUT2D eigenvalue weighted by atomic mass is 10.4. The van der Waals surface area contributed by atoms with E-state index >= 15 is 0 Å². The summed E-state index contributed by atoms with van der Waals surface area (Å²) in [6, 6.07) is 0. The molecule has 0 aromatic carbocycles. The van der Waals surface area contributed by atoms with E-state index in [4.69, 9.17) is 10.3 Å². The van der Waals surface area contributed by atoms with Crippen LogP contribution in [0.25, 0.3) is 10.4 Å². The van der Waals surface area contributed by atoms with E-state index in [9.17, 15) is 0 Å². The first kappa shape index (κ1) is 7.72. The first-order valence-electron chi connectivity index (χ1n) is 3.13. The van der Waals surface area contributed by atoms with Crippen LogP contribution >= 0.6 is 11.8 Å². The van der Waals surface area contributed by atoms with Gasteiger partial charge in [-0.1, -0.05) is 5.11 Å². The molecule has 0 amide bonds. The monoisotopic (exact) mass is 159 g/mol. The molecule has 1 rings (SSSR count). The summed E-state index contributed by atoms with van der Waals surface area (Å²) in [6.07, 6.45) is 0. The summed E-state index contributed by atoms with van der Waals surface area (Å²) in [5, 5.41) is 3.85. The minimum Gasteiger partial charge on any atom is -0.379 e. The average molecular weight is 159 g/mol. The van der Waals surface area contributed by atoms with E-state index in [0.717, 1.165) is 19.0 Å². The van der Waals surface area contributed by atoms with Gasteiger partial charge in [0, 0.05) is 22.5 Å². The van der Waals surface area contributed by atoms with E-state index in [1.807, 2.05) is 11.8 Å². The molecule has 1 aliphatic rings. The number of ether oxygens (including phenoxy) is 1. The van der Waals surface area contributed by atoms with Crippen molar-refractivity contribution in [3.8, 4) is 0 Å². The summed E-state index contributed by atoms with van der Waals surface area (Å²) in [7, 11) is 0. The second-order valence-electron chi connectivity index (χ2n) is 1.98. The Balaban J connectivity index is 2.19. The highest BCUT2D eigenvalue weighted by atomic mass is 32.2. The Bertz CT molecular complexity index is 140. The lowest BCUT2D eigenvalue weighted by Crippen LogP contribution is -2.22. The van der Waals surface area contributed by atoms with Crippen molar-refractivity contribution < 1.29 is 4.74 Å². The van der Waals surface area contributed by atoms with Crippen LogP contribution in [0.4, 0.5) is 0 Å². The fourth-order valence-electron chi connectivity index (χ4n) is 0.770. The molecule has 0 spiro atoms. The highest BCUT2D eigenvalue weighted by molar-refractivity contribution is 8.00. The molecule has 0 bridgehead atoms. The van der Waals surface area contributed by atoms with Crippen molar-refractivity contribution in [3.05, 3.63) is 10.4 Å². The zero-order valence-electron chi connectivity index (χ0n) is 5.56. The molecular weight excluding hydrogens is 150 g/mol. The van der Waals surface area contributed by atoms with Gasteiger partial charge in [-0.3, -0.25) is 0 Å². The molecule has 1 aliphatic heterocycles. The van der Waals surface area contributed by atoms with Gasteiger partial charge in [0.1, 0.15) is 0 Å². The average Bonchev–Trinajstić information content (AvgIpc) is 2.03. The maximum Gasteiger partial charge on any atom is 0.0586 e. The van der Waals surface area contributed by atoms with Crippen LogP contribution in [0.2, 0.25) is 0 Å². The van der Waals surface area contributed by atoms with Crippen LogP contribution in [0.15, 0.2) is 5.11 Å². The summed E-state index contributed by atoms with van der Waals surface area (Å²) in [6.45, 7) is 2.11. The number of hydrogen-bond donors (Lipinski definition) is 0. The lowest BCUT2D eigenvalue weighted by molar-refractivity contribution is 0.144. The van der Waals surface area contributed by atoms with Crippen molar-refractivity contribution in [2.45, 2.75) is 5.25 Å². The molecule has 1 saturated heterocycles. The zero-order chi connectivity index (χ0) is 7.23. The molecule has 0 aliphatic carbocycles. The van der Waals surface area contributed by atoms with Crippen molar-refractivity contribution >= 4 is 11.8 Å². The Hall–Kier alpha value is -0.380. The molecule has 0 aromatic rings. The number of nitrogens with zero attached hydrogens (tertiary/aromatic N) is 3. The third kappa shape index (κ3) is 2.47. The van der Waals surface area contributed by atoms with Crippen LogP contribution in [0.3, 0.4) is 0 Å². The summed E-state index contributed by atoms with van der Waals surface area (Å²) < 4.78 is 5.17. The van der Waals surface area contributed by atoms with Crippen LogP contribution < -0.4 is 0 Å². The Labute approximate surface area is 63.6 Å². The van der Waals surface area contributed by atoms with Gasteiger partial charge in [0.05, 0.1) is 13.2 Å². The highest BCUT2D eigenvalue weighted by Gasteiger charge is 2.12. The molecular formula is C5H9N3OS. The predicted molar refractivity (Wildman–Crippen MR) is 41.1 cm³/mol. The third-order valence-electron chi connectivity index (χ3n) is 1.23. The summed E-state index contributed by atoms with van der Waals surface area (Å²) in [5.74, 6) is 1.02. The number of hydrogen-bond acceptors (Lipinski definition) is 3. The van der Waals surface area contributed by atoms with Crippen LogP contribution in [0.1, 0.15) is 0 Å². The van der Waals surface area contributed by atoms with E-state index in [2.05, 4.69) is 10.0 Å². The van der Waals surface area contributed by atoms with Gasteiger partial charge < -0.3 is 4.74 Å². The van der Waals surface area contributed by atoms with E-state index < -0.39 is 0 Å². The molecule has 1 atom stereocenters. The Morgan fingerprint density at radius 3 is 3.30 bits per heavy atom. The van der Waals surface area contributed by atoms with Crippen LogP contribution in [-0.2, 0) is 4.74 Å². The Morgan fingerprint density at radius 1 is 1.80 bits per heavy atom. The molecule has 0 aromatic heterocycles. The van der Waals surface area contributed by atoms with E-state index in [1.165, 1.54) is 0 Å². The van der Waals surface area contributed by atoms with Crippen LogP contribution in [-0.4, -0.2) is 30.8 Å². The first-order chi connectivity index (χ1) is 4.93. The van der Waals surface area contributed by atoms with Crippen LogP contribution in [0.5, 0.6) is 0 Å². The highest BCUT2D eigenvalue weighted by Crippen LogP contribution is 2.16. The normalized spacial score (nSPS) is 25.4. The SMILES string of the molecule is [N-]=[N+]=NCC1COCCS1. The van der Waals surface area contributed by atoms with Crippen LogP contribution in [0, 0.1) is 0 Å². The van der Waals surface area contributed by atoms with Gasteiger partial charge in [-0.2, -0.15) is 11.8 Å². The predicted octanol–water partition coefficient (Wildman–Crippen LogP) is 1.43. The smallest absolute Gasteiger partial charge is 0.0586 e. The van der Waals surface area contributed by atoms with E-state index in [1.54, 1.807) is 0 Å². The van der Waals surface area contributed by atoms with Gasteiger partial charge in [-0.25, -0.2) is 0 Å². The van der Waals surface area contributed by atoms with Gasteiger partial charge in [0.25, 0.3) is 0 Å². The van der Waals surface area contributed by atoms with Gasteiger partial charge in [-0.15, -0.1) is 0 Å². The molecule has 56 valence electrons. The number of rotatable bonds is 2. The van der Waals surface area contributed by atoms with Crippen molar-refractivity contribution in [3.63, 3.8) is 0 Å². The third-order valence-corrected chi connectivity index (χ3v) is 2.39. The maximum atomic E-state index is 8.01. The summed E-state index contributed by atoms with van der Waals surface area (Å²) >= 11 is 1.81. The van der Waals surface area contributed by atoms with Crippen molar-refractivity contribution in [1.29, 1.82) is 0 Å². The maximum absolute atomic E-state index is 8.01. The molecule has 1 fully saturated rings. The topological polar surface area (TPSA) is 58.0 Å². The first-order valence-corrected chi connectivity index (χ1v) is 4.18. The molecule has 4 nitrogen and oxygen atoms in total. The molecule has 1 unspecified atom stereocenters. The van der Waals surface area contributed by atoms with Gasteiger partial charge in [-0.05, 0) is 5.53 Å². The van der Waals surface area contributed by atoms with E-state index in [-0.39, 0.29) is 0 Å². The standard InChI is InChI=1S/C5H9N3OS/c6-8-7-3-5-4-9-1-2-10-5/h5H,1-4H2. The molecule has 10 heavy (non-hydrogen) atoms. The Morgan fingerprint density at radius 2 is 2.70 bits per heavy atom. The lowest BCUT2D eigenvalue weighted by Gasteiger charge is -2.19. The van der Waals surface area contributed by atoms with Crippen molar-refractivity contribution in [2.24, 2.45) is 5.11 Å². The van der Waals surface area contributed by atoms with Gasteiger partial charge in [0.15, 0.2) is 0 Å². The summed E-state index contributed by atoms with van der Waals surface area (Å²) in [4.78, 5) is 2.69.